The second-order valence-electron chi connectivity index (χ2n) is 21.9. The molecule has 0 unspecified atom stereocenters. The molecular formula is C75H46BN3O2. The highest BCUT2D eigenvalue weighted by atomic mass is 16.4. The Morgan fingerprint density at radius 2 is 0.667 bits per heavy atom. The number of hydrogen-bond acceptors (Lipinski definition) is 5. The third-order valence-electron chi connectivity index (χ3n) is 18.0. The Kier molecular flexibility index (Phi) is 9.74. The maximum absolute atomic E-state index is 11.4. The molecule has 6 heteroatoms. The number of fused-ring (bicyclic) bond motifs is 21. The van der Waals surface area contributed by atoms with Crippen LogP contribution in [0.4, 0.5) is 0 Å². The summed E-state index contributed by atoms with van der Waals surface area (Å²) in [4.78, 5) is 15.7. The van der Waals surface area contributed by atoms with Gasteiger partial charge in [0.05, 0.1) is 10.8 Å². The van der Waals surface area contributed by atoms with Crippen molar-refractivity contribution in [3.63, 3.8) is 0 Å². The molecule has 17 rings (SSSR count). The standard InChI is InChI=1S/C75H46BN3O2/c80-76(81)50-43-60(70-58-29-13-18-34-65(58)74(68(70)44-50)61-30-14-9-25-52(61)53-26-10-15-31-62(53)74)48-36-38-56-57-39-37-49(42-67(57)75(66(56)41-48)63-32-16-11-27-54(63)55-28-12-17-33-64(55)75)69-51-24-8-7-19-45(51)35-40-59(69)73-78-71(46-20-3-1-4-21-46)77-72(79-73)47-22-5-2-6-23-47/h1-44,80-81H. The van der Waals surface area contributed by atoms with Crippen LogP contribution in [0.3, 0.4) is 0 Å². The Morgan fingerprint density at radius 1 is 0.259 bits per heavy atom. The molecule has 2 N–H and O–H groups in total. The fraction of sp³-hybridized carbons (Fsp3) is 0.0267. The molecule has 0 radical (unpaired) electrons. The van der Waals surface area contributed by atoms with Crippen LogP contribution in [0.1, 0.15) is 44.5 Å². The number of aromatic nitrogens is 3. The lowest BCUT2D eigenvalue weighted by atomic mass is 9.67. The van der Waals surface area contributed by atoms with E-state index in [4.69, 9.17) is 15.0 Å². The highest BCUT2D eigenvalue weighted by molar-refractivity contribution is 6.59. The van der Waals surface area contributed by atoms with Gasteiger partial charge in [0.2, 0.25) is 0 Å². The minimum Gasteiger partial charge on any atom is -0.423 e. The van der Waals surface area contributed by atoms with Gasteiger partial charge >= 0.3 is 7.12 Å². The Morgan fingerprint density at radius 3 is 1.21 bits per heavy atom. The van der Waals surface area contributed by atoms with E-state index in [2.05, 4.69) is 224 Å². The summed E-state index contributed by atoms with van der Waals surface area (Å²) in [6.45, 7) is 0. The largest absolute Gasteiger partial charge is 0.488 e. The molecule has 4 aliphatic carbocycles. The van der Waals surface area contributed by atoms with Crippen molar-refractivity contribution in [3.05, 3.63) is 311 Å². The molecule has 376 valence electrons. The Bertz CT molecular complexity index is 4670. The van der Waals surface area contributed by atoms with E-state index in [1.807, 2.05) is 42.5 Å². The quantitative estimate of drug-likeness (QED) is 0.162. The fourth-order valence-electron chi connectivity index (χ4n) is 14.8. The molecule has 13 aromatic rings. The number of nitrogens with zero attached hydrogens (tertiary/aromatic N) is 3. The molecule has 81 heavy (non-hydrogen) atoms. The third-order valence-corrected chi connectivity index (χ3v) is 18.0. The van der Waals surface area contributed by atoms with Crippen molar-refractivity contribution >= 4 is 23.4 Å². The van der Waals surface area contributed by atoms with Gasteiger partial charge in [0.15, 0.2) is 17.5 Å². The molecule has 5 nitrogen and oxygen atoms in total. The first-order valence-corrected chi connectivity index (χ1v) is 27.7. The van der Waals surface area contributed by atoms with Crippen LogP contribution in [0, 0.1) is 0 Å². The van der Waals surface area contributed by atoms with E-state index < -0.39 is 17.9 Å². The summed E-state index contributed by atoms with van der Waals surface area (Å²) < 4.78 is 0. The predicted molar refractivity (Wildman–Crippen MR) is 327 cm³/mol. The lowest BCUT2D eigenvalue weighted by Gasteiger charge is -2.32. The van der Waals surface area contributed by atoms with Gasteiger partial charge in [-0.3, -0.25) is 0 Å². The van der Waals surface area contributed by atoms with Crippen LogP contribution in [0.2, 0.25) is 0 Å². The minimum atomic E-state index is -1.70. The monoisotopic (exact) mass is 1030 g/mol. The summed E-state index contributed by atoms with van der Waals surface area (Å²) in [5, 5.41) is 25.0. The zero-order valence-electron chi connectivity index (χ0n) is 43.7. The maximum Gasteiger partial charge on any atom is 0.488 e. The van der Waals surface area contributed by atoms with Gasteiger partial charge in [-0.15, -0.1) is 0 Å². The molecule has 0 saturated heterocycles. The van der Waals surface area contributed by atoms with Crippen LogP contribution in [0.5, 0.6) is 0 Å². The molecule has 4 aliphatic rings. The van der Waals surface area contributed by atoms with E-state index in [0.717, 1.165) is 72.0 Å². The highest BCUT2D eigenvalue weighted by Gasteiger charge is 2.54. The molecule has 0 atom stereocenters. The van der Waals surface area contributed by atoms with Gasteiger partial charge in [-0.1, -0.05) is 249 Å². The van der Waals surface area contributed by atoms with E-state index in [0.29, 0.717) is 22.9 Å². The van der Waals surface area contributed by atoms with Crippen molar-refractivity contribution in [2.45, 2.75) is 10.8 Å². The SMILES string of the molecule is OB(O)c1cc(-c2ccc3c(c2)C2(c4ccccc4-c4ccccc42)c2cc(-c4c(-c5nc(-c6ccccc6)nc(-c6ccccc6)n5)ccc5ccccc45)ccc2-3)c2c(c1)C1(c3ccccc3-c3ccccc31)c1ccccc1-2. The lowest BCUT2D eigenvalue weighted by Crippen LogP contribution is -2.33. The van der Waals surface area contributed by atoms with E-state index >= 15 is 0 Å². The normalized spacial score (nSPS) is 13.8. The Labute approximate surface area is 469 Å². The molecule has 0 amide bonds. The summed E-state index contributed by atoms with van der Waals surface area (Å²) in [6.07, 6.45) is 0. The van der Waals surface area contributed by atoms with E-state index in [-0.39, 0.29) is 0 Å². The first-order chi connectivity index (χ1) is 40.0. The van der Waals surface area contributed by atoms with Crippen molar-refractivity contribution < 1.29 is 10.0 Å². The summed E-state index contributed by atoms with van der Waals surface area (Å²) >= 11 is 0. The molecule has 1 heterocycles. The summed E-state index contributed by atoms with van der Waals surface area (Å²) in [7, 11) is -1.70. The average Bonchev–Trinajstić information content (AvgIpc) is 4.36. The van der Waals surface area contributed by atoms with Gasteiger partial charge in [0, 0.05) is 22.3 Å². The van der Waals surface area contributed by atoms with E-state index in [1.165, 1.54) is 66.8 Å². The van der Waals surface area contributed by atoms with Crippen LogP contribution < -0.4 is 5.46 Å². The number of hydrogen-bond donors (Lipinski definition) is 2. The van der Waals surface area contributed by atoms with Gasteiger partial charge < -0.3 is 10.0 Å². The molecule has 0 bridgehead atoms. The molecule has 2 spiro atoms. The second-order valence-corrected chi connectivity index (χ2v) is 21.9. The first-order valence-electron chi connectivity index (χ1n) is 27.7. The third kappa shape index (κ3) is 6.26. The number of rotatable bonds is 6. The van der Waals surface area contributed by atoms with Crippen LogP contribution in [-0.4, -0.2) is 32.1 Å². The summed E-state index contributed by atoms with van der Waals surface area (Å²) in [5.74, 6) is 1.81. The summed E-state index contributed by atoms with van der Waals surface area (Å²) in [6, 6.07) is 95.7. The van der Waals surface area contributed by atoms with Gasteiger partial charge in [-0.05, 0) is 140 Å². The molecular weight excluding hydrogens is 986 g/mol. The smallest absolute Gasteiger partial charge is 0.423 e. The van der Waals surface area contributed by atoms with Crippen molar-refractivity contribution in [1.82, 2.24) is 15.0 Å². The molecule has 0 saturated carbocycles. The van der Waals surface area contributed by atoms with Crippen LogP contribution in [0.25, 0.3) is 112 Å². The van der Waals surface area contributed by atoms with E-state index in [1.54, 1.807) is 0 Å². The Hall–Kier alpha value is -10.1. The van der Waals surface area contributed by atoms with Crippen LogP contribution in [0.15, 0.2) is 267 Å². The van der Waals surface area contributed by atoms with Crippen molar-refractivity contribution in [3.8, 4) is 101 Å². The predicted octanol–water partition coefficient (Wildman–Crippen LogP) is 15.7. The molecule has 0 fully saturated rings. The van der Waals surface area contributed by atoms with Crippen LogP contribution >= 0.6 is 0 Å². The topological polar surface area (TPSA) is 79.1 Å². The molecule has 1 aromatic heterocycles. The van der Waals surface area contributed by atoms with Gasteiger partial charge in [0.25, 0.3) is 0 Å². The maximum atomic E-state index is 11.4. The Balaban J connectivity index is 0.924. The van der Waals surface area contributed by atoms with E-state index in [9.17, 15) is 10.0 Å². The lowest BCUT2D eigenvalue weighted by molar-refractivity contribution is 0.425. The van der Waals surface area contributed by atoms with Gasteiger partial charge in [-0.2, -0.15) is 0 Å². The highest BCUT2D eigenvalue weighted by Crippen LogP contribution is 2.66. The summed E-state index contributed by atoms with van der Waals surface area (Å²) in [5.41, 5.74) is 24.7. The average molecular weight is 1030 g/mol. The molecule has 0 aliphatic heterocycles. The first kappa shape index (κ1) is 45.9. The fourth-order valence-corrected chi connectivity index (χ4v) is 14.8. The van der Waals surface area contributed by atoms with Crippen LogP contribution in [-0.2, 0) is 10.8 Å². The zero-order valence-corrected chi connectivity index (χ0v) is 43.7. The minimum absolute atomic E-state index is 0.452. The second kappa shape index (κ2) is 17.2. The van der Waals surface area contributed by atoms with Gasteiger partial charge in [-0.25, -0.2) is 15.0 Å². The van der Waals surface area contributed by atoms with Crippen molar-refractivity contribution in [1.29, 1.82) is 0 Å². The van der Waals surface area contributed by atoms with Gasteiger partial charge in [0.1, 0.15) is 0 Å². The zero-order chi connectivity index (χ0) is 53.6. The molecule has 12 aromatic carbocycles. The number of benzene rings is 12. The van der Waals surface area contributed by atoms with Crippen molar-refractivity contribution in [2.24, 2.45) is 0 Å². The van der Waals surface area contributed by atoms with Crippen molar-refractivity contribution in [2.75, 3.05) is 0 Å².